The Kier molecular flexibility index (Phi) is 6.21. The van der Waals surface area contributed by atoms with E-state index < -0.39 is 6.09 Å². The second kappa shape index (κ2) is 7.67. The molecule has 0 aliphatic rings. The number of anilines is 1. The molecule has 21 heavy (non-hydrogen) atoms. The zero-order valence-corrected chi connectivity index (χ0v) is 13.4. The van der Waals surface area contributed by atoms with E-state index in [0.717, 1.165) is 16.8 Å². The summed E-state index contributed by atoms with van der Waals surface area (Å²) in [6, 6.07) is 4.11. The molecule has 0 atom stereocenters. The van der Waals surface area contributed by atoms with E-state index in [1.54, 1.807) is 11.8 Å². The van der Waals surface area contributed by atoms with Crippen LogP contribution in [-0.2, 0) is 9.53 Å². The summed E-state index contributed by atoms with van der Waals surface area (Å²) in [5.74, 6) is -0.0456. The van der Waals surface area contributed by atoms with Gasteiger partial charge in [0.1, 0.15) is 0 Å². The molecule has 0 fully saturated rings. The predicted octanol–water partition coefficient (Wildman–Crippen LogP) is 2.71. The van der Waals surface area contributed by atoms with Gasteiger partial charge in [-0.2, -0.15) is 0 Å². The smallest absolute Gasteiger partial charge is 0.407 e. The van der Waals surface area contributed by atoms with Gasteiger partial charge < -0.3 is 15.0 Å². The van der Waals surface area contributed by atoms with Crippen LogP contribution in [-0.4, -0.2) is 31.7 Å². The number of carbonyl (C=O) groups is 2. The van der Waals surface area contributed by atoms with Gasteiger partial charge in [-0.25, -0.2) is 4.79 Å². The SMILES string of the molecule is CCOC(=O)NCCN(C(C)=O)c1c(C)cc(C)cc1C. The molecule has 2 amide bonds. The zero-order valence-electron chi connectivity index (χ0n) is 13.4. The number of hydrogen-bond donors (Lipinski definition) is 1. The lowest BCUT2D eigenvalue weighted by Gasteiger charge is -2.25. The number of ether oxygens (including phenoxy) is 1. The highest BCUT2D eigenvalue weighted by molar-refractivity contribution is 5.93. The Hall–Kier alpha value is -2.04. The monoisotopic (exact) mass is 292 g/mol. The first-order valence-electron chi connectivity index (χ1n) is 7.13. The largest absolute Gasteiger partial charge is 0.450 e. The molecule has 0 aliphatic carbocycles. The first kappa shape index (κ1) is 17.0. The quantitative estimate of drug-likeness (QED) is 0.907. The summed E-state index contributed by atoms with van der Waals surface area (Å²) in [6.07, 6.45) is -0.460. The third-order valence-corrected chi connectivity index (χ3v) is 3.17. The fraction of sp³-hybridized carbons (Fsp3) is 0.500. The Bertz CT molecular complexity index is 503. The van der Waals surface area contributed by atoms with Gasteiger partial charge >= 0.3 is 6.09 Å². The van der Waals surface area contributed by atoms with Crippen molar-refractivity contribution in [2.24, 2.45) is 0 Å². The van der Waals surface area contributed by atoms with Crippen LogP contribution in [0.3, 0.4) is 0 Å². The second-order valence-electron chi connectivity index (χ2n) is 5.07. The molecule has 0 radical (unpaired) electrons. The van der Waals surface area contributed by atoms with E-state index in [1.807, 2.05) is 20.8 Å². The van der Waals surface area contributed by atoms with Crippen molar-refractivity contribution in [2.45, 2.75) is 34.6 Å². The highest BCUT2D eigenvalue weighted by Crippen LogP contribution is 2.26. The maximum Gasteiger partial charge on any atom is 0.407 e. The number of rotatable bonds is 5. The molecule has 0 saturated carbocycles. The number of carbonyl (C=O) groups excluding carboxylic acids is 2. The zero-order chi connectivity index (χ0) is 16.0. The van der Waals surface area contributed by atoms with E-state index in [4.69, 9.17) is 4.74 Å². The Labute approximate surface area is 126 Å². The van der Waals surface area contributed by atoms with Crippen molar-refractivity contribution in [2.75, 3.05) is 24.6 Å². The summed E-state index contributed by atoms with van der Waals surface area (Å²) < 4.78 is 4.80. The van der Waals surface area contributed by atoms with E-state index in [9.17, 15) is 9.59 Å². The van der Waals surface area contributed by atoms with Crippen LogP contribution in [0, 0.1) is 20.8 Å². The molecular formula is C16H24N2O3. The van der Waals surface area contributed by atoms with Gasteiger partial charge in [-0.1, -0.05) is 17.7 Å². The molecule has 1 aromatic rings. The van der Waals surface area contributed by atoms with Gasteiger partial charge in [0.15, 0.2) is 0 Å². The van der Waals surface area contributed by atoms with Gasteiger partial charge in [0.25, 0.3) is 0 Å². The van der Waals surface area contributed by atoms with Gasteiger partial charge in [-0.15, -0.1) is 0 Å². The van der Waals surface area contributed by atoms with E-state index in [1.165, 1.54) is 12.5 Å². The van der Waals surface area contributed by atoms with Crippen molar-refractivity contribution >= 4 is 17.7 Å². The van der Waals surface area contributed by atoms with Crippen LogP contribution in [0.2, 0.25) is 0 Å². The molecular weight excluding hydrogens is 268 g/mol. The lowest BCUT2D eigenvalue weighted by molar-refractivity contribution is -0.116. The van der Waals surface area contributed by atoms with Gasteiger partial charge in [-0.3, -0.25) is 4.79 Å². The first-order valence-corrected chi connectivity index (χ1v) is 7.13. The molecule has 0 heterocycles. The Morgan fingerprint density at radius 3 is 2.24 bits per heavy atom. The minimum absolute atomic E-state index is 0.0456. The summed E-state index contributed by atoms with van der Waals surface area (Å²) in [6.45, 7) is 10.4. The van der Waals surface area contributed by atoms with Crippen molar-refractivity contribution in [1.29, 1.82) is 0 Å². The van der Waals surface area contributed by atoms with Gasteiger partial charge in [-0.05, 0) is 38.8 Å². The van der Waals surface area contributed by atoms with Crippen molar-refractivity contribution in [3.05, 3.63) is 28.8 Å². The van der Waals surface area contributed by atoms with Crippen LogP contribution in [0.1, 0.15) is 30.5 Å². The van der Waals surface area contributed by atoms with Gasteiger partial charge in [0.2, 0.25) is 5.91 Å². The first-order chi connectivity index (χ1) is 9.86. The lowest BCUT2D eigenvalue weighted by Crippen LogP contribution is -2.38. The van der Waals surface area contributed by atoms with Crippen molar-refractivity contribution in [1.82, 2.24) is 5.32 Å². The minimum atomic E-state index is -0.460. The van der Waals surface area contributed by atoms with E-state index >= 15 is 0 Å². The van der Waals surface area contributed by atoms with E-state index in [0.29, 0.717) is 19.7 Å². The average molecular weight is 292 g/mol. The van der Waals surface area contributed by atoms with E-state index in [2.05, 4.69) is 17.4 Å². The molecule has 116 valence electrons. The summed E-state index contributed by atoms with van der Waals surface area (Å²) >= 11 is 0. The Morgan fingerprint density at radius 1 is 1.19 bits per heavy atom. The maximum absolute atomic E-state index is 11.9. The molecule has 0 aromatic heterocycles. The van der Waals surface area contributed by atoms with Crippen LogP contribution >= 0.6 is 0 Å². The maximum atomic E-state index is 11.9. The standard InChI is InChI=1S/C16H24N2O3/c1-6-21-16(20)17-7-8-18(14(5)19)15-12(3)9-11(2)10-13(15)4/h9-10H,6-8H2,1-5H3,(H,17,20). The fourth-order valence-corrected chi connectivity index (χ4v) is 2.48. The number of amides is 2. The van der Waals surface area contributed by atoms with Crippen LogP contribution in [0.5, 0.6) is 0 Å². The van der Waals surface area contributed by atoms with Gasteiger partial charge in [0.05, 0.1) is 6.61 Å². The van der Waals surface area contributed by atoms with Crippen LogP contribution in [0.15, 0.2) is 12.1 Å². The third-order valence-electron chi connectivity index (χ3n) is 3.17. The van der Waals surface area contributed by atoms with Crippen LogP contribution in [0.25, 0.3) is 0 Å². The number of aryl methyl sites for hydroxylation is 3. The van der Waals surface area contributed by atoms with Crippen molar-refractivity contribution < 1.29 is 14.3 Å². The molecule has 5 heteroatoms. The summed E-state index contributed by atoms with van der Waals surface area (Å²) in [5.41, 5.74) is 4.19. The second-order valence-corrected chi connectivity index (χ2v) is 5.07. The molecule has 0 saturated heterocycles. The molecule has 1 rings (SSSR count). The summed E-state index contributed by atoms with van der Waals surface area (Å²) in [7, 11) is 0. The molecule has 1 N–H and O–H groups in total. The summed E-state index contributed by atoms with van der Waals surface area (Å²) in [5, 5.41) is 2.63. The minimum Gasteiger partial charge on any atom is -0.450 e. The molecule has 0 spiro atoms. The Balaban J connectivity index is 2.84. The molecule has 0 bridgehead atoms. The molecule has 1 aromatic carbocycles. The summed E-state index contributed by atoms with van der Waals surface area (Å²) in [4.78, 5) is 24.9. The predicted molar refractivity (Wildman–Crippen MR) is 83.7 cm³/mol. The third kappa shape index (κ3) is 4.77. The van der Waals surface area contributed by atoms with Crippen molar-refractivity contribution in [3.63, 3.8) is 0 Å². The number of benzene rings is 1. The molecule has 5 nitrogen and oxygen atoms in total. The fourth-order valence-electron chi connectivity index (χ4n) is 2.48. The number of hydrogen-bond acceptors (Lipinski definition) is 3. The van der Waals surface area contributed by atoms with Gasteiger partial charge in [0, 0.05) is 25.7 Å². The molecule has 0 unspecified atom stereocenters. The topological polar surface area (TPSA) is 58.6 Å². The Morgan fingerprint density at radius 2 is 1.76 bits per heavy atom. The lowest BCUT2D eigenvalue weighted by atomic mass is 10.0. The number of alkyl carbamates (subject to hydrolysis) is 1. The molecule has 0 aliphatic heterocycles. The van der Waals surface area contributed by atoms with Crippen LogP contribution < -0.4 is 10.2 Å². The highest BCUT2D eigenvalue weighted by atomic mass is 16.5. The highest BCUT2D eigenvalue weighted by Gasteiger charge is 2.16. The average Bonchev–Trinajstić information content (AvgIpc) is 2.35. The number of nitrogens with zero attached hydrogens (tertiary/aromatic N) is 1. The normalized spacial score (nSPS) is 10.1. The number of nitrogens with one attached hydrogen (secondary N) is 1. The van der Waals surface area contributed by atoms with Crippen LogP contribution in [0.4, 0.5) is 10.5 Å². The van der Waals surface area contributed by atoms with Crippen molar-refractivity contribution in [3.8, 4) is 0 Å². The van der Waals surface area contributed by atoms with E-state index in [-0.39, 0.29) is 5.91 Å².